The van der Waals surface area contributed by atoms with E-state index < -0.39 is 0 Å². The average molecular weight is 195 g/mol. The molecule has 0 N–H and O–H groups in total. The molecule has 0 spiro atoms. The van der Waals surface area contributed by atoms with Crippen molar-refractivity contribution in [2.75, 3.05) is 0 Å². The van der Waals surface area contributed by atoms with Crippen LogP contribution >= 0.6 is 0 Å². The summed E-state index contributed by atoms with van der Waals surface area (Å²) < 4.78 is 0. The van der Waals surface area contributed by atoms with Crippen LogP contribution in [0.3, 0.4) is 0 Å². The first kappa shape index (κ1) is 22.5. The Bertz CT molecular complexity index is 40.6. The summed E-state index contributed by atoms with van der Waals surface area (Å²) in [5, 5.41) is 0. The molecule has 0 aromatic rings. The van der Waals surface area contributed by atoms with Crippen molar-refractivity contribution < 1.29 is 24.8 Å². The molecule has 0 fully saturated rings. The summed E-state index contributed by atoms with van der Waals surface area (Å²) in [7, 11) is 0. The minimum absolute atomic E-state index is 0. The van der Waals surface area contributed by atoms with E-state index in [1.165, 1.54) is 19.3 Å². The van der Waals surface area contributed by atoms with E-state index in [1.54, 1.807) is 0 Å². The first-order chi connectivity index (χ1) is 3.27. The van der Waals surface area contributed by atoms with Gasteiger partial charge in [-0.15, -0.1) is 0 Å². The largest absolute Gasteiger partial charge is 2.00 e. The van der Waals surface area contributed by atoms with Crippen LogP contribution in [0, 0.1) is 5.92 Å². The molecule has 0 unspecified atom stereocenters. The van der Waals surface area contributed by atoms with Crippen LogP contribution in [-0.2, 0) is 0 Å². The van der Waals surface area contributed by atoms with E-state index in [9.17, 15) is 0 Å². The van der Waals surface area contributed by atoms with Gasteiger partial charge in [0.2, 0.25) is 0 Å². The van der Waals surface area contributed by atoms with Crippen LogP contribution in [0.5, 0.6) is 0 Å². The van der Waals surface area contributed by atoms with Gasteiger partial charge in [-0.3, -0.25) is 0 Å². The number of hydrogen-bond donors (Lipinski definition) is 0. The smallest absolute Gasteiger partial charge is 1.00 e. The molecular formula is C7H16Cl2Mg. The molecule has 0 radical (unpaired) electrons. The monoisotopic (exact) mass is 194 g/mol. The van der Waals surface area contributed by atoms with Gasteiger partial charge in [-0.05, 0) is 5.92 Å². The van der Waals surface area contributed by atoms with Gasteiger partial charge in [0, 0.05) is 0 Å². The van der Waals surface area contributed by atoms with Crippen LogP contribution in [0.25, 0.3) is 0 Å². The zero-order valence-electron chi connectivity index (χ0n) is 7.16. The van der Waals surface area contributed by atoms with Crippen molar-refractivity contribution in [2.24, 2.45) is 5.92 Å². The predicted molar refractivity (Wildman–Crippen MR) is 40.1 cm³/mol. The molecule has 10 heavy (non-hydrogen) atoms. The maximum absolute atomic E-state index is 2.27. The SMILES string of the molecule is CCCCC(C)C.[Cl-].[Cl-].[Mg+2]. The van der Waals surface area contributed by atoms with Crippen molar-refractivity contribution in [3.05, 3.63) is 0 Å². The van der Waals surface area contributed by atoms with Crippen molar-refractivity contribution in [3.63, 3.8) is 0 Å². The molecule has 0 saturated heterocycles. The van der Waals surface area contributed by atoms with Crippen LogP contribution < -0.4 is 24.8 Å². The Balaban J connectivity index is -0.0000000600. The number of hydrogen-bond acceptors (Lipinski definition) is 0. The molecule has 60 valence electrons. The molecule has 0 bridgehead atoms. The van der Waals surface area contributed by atoms with Gasteiger partial charge >= 0.3 is 23.1 Å². The van der Waals surface area contributed by atoms with Gasteiger partial charge in [0.05, 0.1) is 0 Å². The van der Waals surface area contributed by atoms with Crippen LogP contribution in [-0.4, -0.2) is 23.1 Å². The molecule has 0 aromatic heterocycles. The number of rotatable bonds is 3. The Morgan fingerprint density at radius 3 is 1.60 bits per heavy atom. The topological polar surface area (TPSA) is 0 Å². The molecule has 0 aromatic carbocycles. The predicted octanol–water partition coefficient (Wildman–Crippen LogP) is -3.54. The van der Waals surface area contributed by atoms with E-state index in [4.69, 9.17) is 0 Å². The van der Waals surface area contributed by atoms with Crippen LogP contribution in [0.2, 0.25) is 0 Å². The van der Waals surface area contributed by atoms with Gasteiger partial charge in [0.1, 0.15) is 0 Å². The Hall–Kier alpha value is 1.35. The summed E-state index contributed by atoms with van der Waals surface area (Å²) in [4.78, 5) is 0. The molecule has 0 saturated carbocycles. The van der Waals surface area contributed by atoms with E-state index >= 15 is 0 Å². The summed E-state index contributed by atoms with van der Waals surface area (Å²) in [6.45, 7) is 6.79. The molecule has 0 heterocycles. The van der Waals surface area contributed by atoms with Gasteiger partial charge in [-0.2, -0.15) is 0 Å². The molecule has 0 aliphatic rings. The molecule has 0 amide bonds. The summed E-state index contributed by atoms with van der Waals surface area (Å²) >= 11 is 0. The Morgan fingerprint density at radius 1 is 1.10 bits per heavy atom. The van der Waals surface area contributed by atoms with Crippen LogP contribution in [0.1, 0.15) is 40.0 Å². The fraction of sp³-hybridized carbons (Fsp3) is 1.00. The van der Waals surface area contributed by atoms with E-state index in [2.05, 4.69) is 20.8 Å². The van der Waals surface area contributed by atoms with E-state index in [0.29, 0.717) is 0 Å². The van der Waals surface area contributed by atoms with Crippen molar-refractivity contribution >= 4 is 23.1 Å². The summed E-state index contributed by atoms with van der Waals surface area (Å²) in [6.07, 6.45) is 4.15. The zero-order chi connectivity index (χ0) is 5.70. The number of halogens is 2. The molecule has 0 atom stereocenters. The van der Waals surface area contributed by atoms with Crippen LogP contribution in [0.4, 0.5) is 0 Å². The molecule has 3 heteroatoms. The maximum atomic E-state index is 2.27. The van der Waals surface area contributed by atoms with Gasteiger partial charge in [-0.1, -0.05) is 40.0 Å². The van der Waals surface area contributed by atoms with Gasteiger partial charge in [0.15, 0.2) is 0 Å². The molecule has 0 aliphatic heterocycles. The van der Waals surface area contributed by atoms with E-state index in [-0.39, 0.29) is 47.9 Å². The second kappa shape index (κ2) is 16.7. The van der Waals surface area contributed by atoms with E-state index in [0.717, 1.165) is 5.92 Å². The normalized spacial score (nSPS) is 7.20. The quantitative estimate of drug-likeness (QED) is 0.409. The third-order valence-corrected chi connectivity index (χ3v) is 1.14. The molecule has 0 nitrogen and oxygen atoms in total. The van der Waals surface area contributed by atoms with Gasteiger partial charge in [0.25, 0.3) is 0 Å². The molecule has 0 rings (SSSR count). The average Bonchev–Trinajstić information content (AvgIpc) is 1.61. The molecular weight excluding hydrogens is 179 g/mol. The third-order valence-electron chi connectivity index (χ3n) is 1.14. The van der Waals surface area contributed by atoms with Crippen LogP contribution in [0.15, 0.2) is 0 Å². The van der Waals surface area contributed by atoms with Crippen molar-refractivity contribution in [3.8, 4) is 0 Å². The van der Waals surface area contributed by atoms with Gasteiger partial charge in [-0.25, -0.2) is 0 Å². The summed E-state index contributed by atoms with van der Waals surface area (Å²) in [5.74, 6) is 0.903. The molecule has 0 aliphatic carbocycles. The minimum atomic E-state index is 0. The van der Waals surface area contributed by atoms with E-state index in [1.807, 2.05) is 0 Å². The number of unbranched alkanes of at least 4 members (excludes halogenated alkanes) is 1. The van der Waals surface area contributed by atoms with Crippen molar-refractivity contribution in [1.29, 1.82) is 0 Å². The zero-order valence-corrected chi connectivity index (χ0v) is 10.1. The Kier molecular flexibility index (Phi) is 37.7. The first-order valence-corrected chi connectivity index (χ1v) is 3.27. The minimum Gasteiger partial charge on any atom is -1.00 e. The fourth-order valence-electron chi connectivity index (χ4n) is 0.612. The summed E-state index contributed by atoms with van der Waals surface area (Å²) in [6, 6.07) is 0. The Labute approximate surface area is 93.5 Å². The third kappa shape index (κ3) is 22.8. The second-order valence-corrected chi connectivity index (χ2v) is 2.54. The van der Waals surface area contributed by atoms with Crippen molar-refractivity contribution in [2.45, 2.75) is 40.0 Å². The standard InChI is InChI=1S/C7H16.2ClH.Mg/c1-4-5-6-7(2)3;;;/h7H,4-6H2,1-3H3;2*1H;/q;;;+2/p-2. The Morgan fingerprint density at radius 2 is 1.50 bits per heavy atom. The fourth-order valence-corrected chi connectivity index (χ4v) is 0.612. The van der Waals surface area contributed by atoms with Crippen molar-refractivity contribution in [1.82, 2.24) is 0 Å². The second-order valence-electron chi connectivity index (χ2n) is 2.54. The van der Waals surface area contributed by atoms with Gasteiger partial charge < -0.3 is 24.8 Å². The summed E-state index contributed by atoms with van der Waals surface area (Å²) in [5.41, 5.74) is 0. The first-order valence-electron chi connectivity index (χ1n) is 3.27. The maximum Gasteiger partial charge on any atom is 2.00 e.